The minimum Gasteiger partial charge on any atom is -0.461 e. The molecule has 1 N–H and O–H groups in total. The fourth-order valence-electron chi connectivity index (χ4n) is 4.39. The van der Waals surface area contributed by atoms with Crippen molar-refractivity contribution in [1.29, 1.82) is 0 Å². The molecule has 4 heterocycles. The molecule has 5 rings (SSSR count). The number of halogens is 1. The summed E-state index contributed by atoms with van der Waals surface area (Å²) in [7, 11) is 0. The molecule has 4 aromatic rings. The standard InChI is InChI=1S/C26H29FN6O/c1-3-5-18(2)29-26-28-16-21(25-30-24(31-33(25)26)23-6-4-15-34-23)17-32-13-11-20(12-14-32)19-7-9-22(27)10-8-19/h4,6-11,15-16,18H,3,5,12-14,17H2,1-2H3,(H,28,29). The van der Waals surface area contributed by atoms with Crippen LogP contribution < -0.4 is 5.32 Å². The molecule has 0 saturated carbocycles. The fourth-order valence-corrected chi connectivity index (χ4v) is 4.39. The van der Waals surface area contributed by atoms with Crippen molar-refractivity contribution in [3.63, 3.8) is 0 Å². The van der Waals surface area contributed by atoms with Gasteiger partial charge >= 0.3 is 0 Å². The van der Waals surface area contributed by atoms with Gasteiger partial charge in [0.2, 0.25) is 11.8 Å². The van der Waals surface area contributed by atoms with E-state index in [1.54, 1.807) is 10.8 Å². The van der Waals surface area contributed by atoms with Gasteiger partial charge in [-0.15, -0.1) is 5.10 Å². The van der Waals surface area contributed by atoms with Crippen LogP contribution in [0, 0.1) is 5.82 Å². The Balaban J connectivity index is 1.40. The summed E-state index contributed by atoms with van der Waals surface area (Å²) in [6.45, 7) is 6.75. The first-order valence-corrected chi connectivity index (χ1v) is 11.8. The van der Waals surface area contributed by atoms with Gasteiger partial charge < -0.3 is 9.73 Å². The molecule has 3 aromatic heterocycles. The second kappa shape index (κ2) is 9.77. The van der Waals surface area contributed by atoms with Gasteiger partial charge in [-0.2, -0.15) is 4.52 Å². The predicted molar refractivity (Wildman–Crippen MR) is 131 cm³/mol. The molecule has 1 unspecified atom stereocenters. The highest BCUT2D eigenvalue weighted by atomic mass is 19.1. The van der Waals surface area contributed by atoms with Crippen molar-refractivity contribution in [3.05, 3.63) is 71.9 Å². The summed E-state index contributed by atoms with van der Waals surface area (Å²) in [5, 5.41) is 8.18. The molecule has 7 nitrogen and oxygen atoms in total. The van der Waals surface area contributed by atoms with Crippen molar-refractivity contribution >= 4 is 17.2 Å². The molecular formula is C26H29FN6O. The van der Waals surface area contributed by atoms with Gasteiger partial charge in [-0.25, -0.2) is 14.4 Å². The normalized spacial score (nSPS) is 15.4. The maximum atomic E-state index is 13.3. The average Bonchev–Trinajstić information content (AvgIpc) is 3.52. The highest BCUT2D eigenvalue weighted by molar-refractivity contribution is 5.66. The lowest BCUT2D eigenvalue weighted by molar-refractivity contribution is 0.294. The van der Waals surface area contributed by atoms with Crippen molar-refractivity contribution in [2.24, 2.45) is 0 Å². The van der Waals surface area contributed by atoms with E-state index in [2.05, 4.69) is 30.1 Å². The minimum absolute atomic E-state index is 0.206. The molecule has 1 atom stereocenters. The van der Waals surface area contributed by atoms with Gasteiger partial charge in [-0.05, 0) is 55.2 Å². The number of hydrogen-bond acceptors (Lipinski definition) is 6. The van der Waals surface area contributed by atoms with Crippen molar-refractivity contribution in [2.75, 3.05) is 18.4 Å². The van der Waals surface area contributed by atoms with Crippen LogP contribution in [-0.4, -0.2) is 43.6 Å². The number of anilines is 1. The van der Waals surface area contributed by atoms with E-state index >= 15 is 0 Å². The van der Waals surface area contributed by atoms with Crippen molar-refractivity contribution in [2.45, 2.75) is 45.7 Å². The average molecular weight is 461 g/mol. The van der Waals surface area contributed by atoms with Crippen molar-refractivity contribution in [3.8, 4) is 11.6 Å². The Hall–Kier alpha value is -3.52. The van der Waals surface area contributed by atoms with Crippen LogP contribution in [0.5, 0.6) is 0 Å². The summed E-state index contributed by atoms with van der Waals surface area (Å²) >= 11 is 0. The summed E-state index contributed by atoms with van der Waals surface area (Å²) in [5.41, 5.74) is 4.13. The quantitative estimate of drug-likeness (QED) is 0.379. The van der Waals surface area contributed by atoms with Crippen LogP contribution in [0.15, 0.2) is 59.4 Å². The molecule has 0 saturated heterocycles. The number of fused-ring (bicyclic) bond motifs is 1. The lowest BCUT2D eigenvalue weighted by Crippen LogP contribution is -2.28. The smallest absolute Gasteiger partial charge is 0.226 e. The number of hydrogen-bond donors (Lipinski definition) is 1. The second-order valence-electron chi connectivity index (χ2n) is 8.81. The highest BCUT2D eigenvalue weighted by Gasteiger charge is 2.20. The number of aromatic nitrogens is 4. The lowest BCUT2D eigenvalue weighted by Gasteiger charge is -2.26. The van der Waals surface area contributed by atoms with Crippen LogP contribution in [0.4, 0.5) is 10.3 Å². The first kappa shape index (κ1) is 22.3. The summed E-state index contributed by atoms with van der Waals surface area (Å²) in [4.78, 5) is 11.9. The van der Waals surface area contributed by atoms with E-state index in [-0.39, 0.29) is 11.9 Å². The van der Waals surface area contributed by atoms with Gasteiger partial charge in [-0.1, -0.05) is 31.6 Å². The van der Waals surface area contributed by atoms with Gasteiger partial charge in [-0.3, -0.25) is 4.90 Å². The molecule has 0 spiro atoms. The molecule has 1 aromatic carbocycles. The zero-order valence-corrected chi connectivity index (χ0v) is 19.5. The third kappa shape index (κ3) is 4.72. The largest absolute Gasteiger partial charge is 0.461 e. The molecule has 0 amide bonds. The molecule has 0 bridgehead atoms. The molecular weight excluding hydrogens is 431 g/mol. The lowest BCUT2D eigenvalue weighted by atomic mass is 9.99. The van der Waals surface area contributed by atoms with Crippen LogP contribution in [0.2, 0.25) is 0 Å². The number of benzene rings is 1. The van der Waals surface area contributed by atoms with Crippen LogP contribution in [0.3, 0.4) is 0 Å². The maximum absolute atomic E-state index is 13.3. The van der Waals surface area contributed by atoms with Gasteiger partial charge in [0.05, 0.1) is 6.26 Å². The maximum Gasteiger partial charge on any atom is 0.226 e. The van der Waals surface area contributed by atoms with E-state index in [0.717, 1.165) is 49.1 Å². The Morgan fingerprint density at radius 3 is 2.76 bits per heavy atom. The van der Waals surface area contributed by atoms with Crippen molar-refractivity contribution in [1.82, 2.24) is 24.5 Å². The van der Waals surface area contributed by atoms with E-state index in [4.69, 9.17) is 19.5 Å². The number of rotatable bonds is 8. The summed E-state index contributed by atoms with van der Waals surface area (Å²) < 4.78 is 20.6. The van der Waals surface area contributed by atoms with E-state index in [1.807, 2.05) is 30.5 Å². The molecule has 0 aliphatic carbocycles. The van der Waals surface area contributed by atoms with Gasteiger partial charge in [0, 0.05) is 37.4 Å². The number of nitrogens with one attached hydrogen (secondary N) is 1. The molecule has 1 aliphatic rings. The monoisotopic (exact) mass is 460 g/mol. The van der Waals surface area contributed by atoms with Gasteiger partial charge in [0.25, 0.3) is 0 Å². The SMILES string of the molecule is CCCC(C)Nc1ncc(CN2CC=C(c3ccc(F)cc3)CC2)c2nc(-c3ccco3)nn12. The molecule has 8 heteroatoms. The number of nitrogens with zero attached hydrogens (tertiary/aromatic N) is 5. The van der Waals surface area contributed by atoms with E-state index in [1.165, 1.54) is 17.7 Å². The first-order valence-electron chi connectivity index (χ1n) is 11.8. The highest BCUT2D eigenvalue weighted by Crippen LogP contribution is 2.26. The van der Waals surface area contributed by atoms with Crippen LogP contribution in [-0.2, 0) is 6.54 Å². The molecule has 1 aliphatic heterocycles. The Kier molecular flexibility index (Phi) is 6.40. The van der Waals surface area contributed by atoms with Gasteiger partial charge in [0.15, 0.2) is 11.4 Å². The van der Waals surface area contributed by atoms with E-state index < -0.39 is 0 Å². The Labute approximate surface area is 198 Å². The van der Waals surface area contributed by atoms with Crippen LogP contribution >= 0.6 is 0 Å². The molecule has 0 radical (unpaired) electrons. The Morgan fingerprint density at radius 2 is 2.06 bits per heavy atom. The third-order valence-electron chi connectivity index (χ3n) is 6.18. The summed E-state index contributed by atoms with van der Waals surface area (Å²) in [6, 6.07) is 10.7. The van der Waals surface area contributed by atoms with Crippen LogP contribution in [0.25, 0.3) is 22.8 Å². The Morgan fingerprint density at radius 1 is 1.21 bits per heavy atom. The zero-order valence-electron chi connectivity index (χ0n) is 19.5. The molecule has 0 fully saturated rings. The first-order chi connectivity index (χ1) is 16.6. The van der Waals surface area contributed by atoms with E-state index in [9.17, 15) is 4.39 Å². The van der Waals surface area contributed by atoms with E-state index in [0.29, 0.717) is 24.1 Å². The number of furan rings is 1. The fraction of sp³-hybridized carbons (Fsp3) is 0.346. The molecule has 176 valence electrons. The second-order valence-corrected chi connectivity index (χ2v) is 8.81. The minimum atomic E-state index is -0.206. The Bertz CT molecular complexity index is 1280. The zero-order chi connectivity index (χ0) is 23.5. The van der Waals surface area contributed by atoms with Gasteiger partial charge in [0.1, 0.15) is 5.82 Å². The van der Waals surface area contributed by atoms with Crippen LogP contribution in [0.1, 0.15) is 44.2 Å². The third-order valence-corrected chi connectivity index (χ3v) is 6.18. The topological polar surface area (TPSA) is 71.5 Å². The summed E-state index contributed by atoms with van der Waals surface area (Å²) in [6.07, 6.45) is 8.79. The molecule has 34 heavy (non-hydrogen) atoms. The predicted octanol–water partition coefficient (Wildman–Crippen LogP) is 5.41. The summed E-state index contributed by atoms with van der Waals surface area (Å²) in [5.74, 6) is 1.65. The van der Waals surface area contributed by atoms with Crippen molar-refractivity contribution < 1.29 is 8.81 Å².